The smallest absolute Gasteiger partial charge is 0.435 e. The summed E-state index contributed by atoms with van der Waals surface area (Å²) in [4.78, 5) is 21.8. The summed E-state index contributed by atoms with van der Waals surface area (Å²) in [7, 11) is -3.44. The van der Waals surface area contributed by atoms with Crippen molar-refractivity contribution in [2.45, 2.75) is 53.6 Å². The molecule has 0 radical (unpaired) electrons. The Kier molecular flexibility index (Phi) is 7.41. The fourth-order valence-electron chi connectivity index (χ4n) is 3.65. The lowest BCUT2D eigenvalue weighted by atomic mass is 10.2. The van der Waals surface area contributed by atoms with E-state index in [4.69, 9.17) is 9.47 Å². The molecule has 3 heterocycles. The van der Waals surface area contributed by atoms with Gasteiger partial charge in [0.25, 0.3) is 0 Å². The zero-order valence-electron chi connectivity index (χ0n) is 20.0. The van der Waals surface area contributed by atoms with E-state index in [0.29, 0.717) is 51.9 Å². The number of sulfone groups is 1. The summed E-state index contributed by atoms with van der Waals surface area (Å²) < 4.78 is 38.1. The molecule has 4 rings (SSSR count). The Labute approximate surface area is 225 Å². The second-order valence-corrected chi connectivity index (χ2v) is 12.6. The highest BCUT2D eigenvalue weighted by Gasteiger charge is 2.33. The van der Waals surface area contributed by atoms with Gasteiger partial charge < -0.3 is 9.47 Å². The fraction of sp³-hybridized carbons (Fsp3) is 0.429. The van der Waals surface area contributed by atoms with Gasteiger partial charge >= 0.3 is 6.09 Å². The second kappa shape index (κ2) is 9.93. The van der Waals surface area contributed by atoms with Crippen molar-refractivity contribution in [2.24, 2.45) is 0 Å². The summed E-state index contributed by atoms with van der Waals surface area (Å²) in [6.45, 7) is 6.31. The van der Waals surface area contributed by atoms with Gasteiger partial charge in [0.2, 0.25) is 5.88 Å². The van der Waals surface area contributed by atoms with E-state index < -0.39 is 21.5 Å². The third kappa shape index (κ3) is 5.69. The molecule has 1 saturated heterocycles. The van der Waals surface area contributed by atoms with Gasteiger partial charge in [-0.1, -0.05) is 0 Å². The van der Waals surface area contributed by atoms with Gasteiger partial charge in [0.15, 0.2) is 15.5 Å². The molecule has 11 nitrogen and oxygen atoms in total. The van der Waals surface area contributed by atoms with Crippen LogP contribution in [0.15, 0.2) is 39.3 Å². The molecule has 0 aliphatic carbocycles. The van der Waals surface area contributed by atoms with Crippen molar-refractivity contribution in [3.05, 3.63) is 24.7 Å². The van der Waals surface area contributed by atoms with Crippen LogP contribution in [-0.2, 0) is 14.6 Å². The number of aromatic nitrogens is 4. The summed E-state index contributed by atoms with van der Waals surface area (Å²) in [5, 5.41) is 6.69. The molecule has 0 N–H and O–H groups in total. The Hall–Kier alpha value is -2.20. The van der Waals surface area contributed by atoms with Crippen LogP contribution in [0.25, 0.3) is 16.7 Å². The molecule has 1 aromatic carbocycles. The van der Waals surface area contributed by atoms with Crippen molar-refractivity contribution in [3.63, 3.8) is 0 Å². The van der Waals surface area contributed by atoms with Gasteiger partial charge in [0.05, 0.1) is 23.3 Å². The summed E-state index contributed by atoms with van der Waals surface area (Å²) >= 11 is 13.2. The van der Waals surface area contributed by atoms with Crippen molar-refractivity contribution in [2.75, 3.05) is 19.3 Å². The van der Waals surface area contributed by atoms with Crippen LogP contribution in [-0.4, -0.2) is 74.7 Å². The van der Waals surface area contributed by atoms with Crippen molar-refractivity contribution in [1.82, 2.24) is 29.2 Å². The molecular weight excluding hydrogens is 545 g/mol. The number of ether oxygens (including phenoxy) is 2. The minimum Gasteiger partial charge on any atom is -0.472 e. The van der Waals surface area contributed by atoms with Crippen LogP contribution in [0.4, 0.5) is 4.79 Å². The molecule has 3 aromatic rings. The highest BCUT2D eigenvalue weighted by Crippen LogP contribution is 2.33. The summed E-state index contributed by atoms with van der Waals surface area (Å²) in [5.41, 5.74) is 0.284. The monoisotopic (exact) mass is 570 g/mol. The molecule has 1 amide bonds. The standard InChI is InChI=1S/C21H26N6O5S4/c1-21(2,3)32-20(28)27(35)25-6-5-12(10-25)31-19-14-9-24-26(18(14)22-11-23-19)17-15(33)7-13(8-16(17)34)36(4,29)30/h7-9,11-12,33-35H,5-6,10H2,1-4H3. The molecule has 0 saturated carbocycles. The first-order chi connectivity index (χ1) is 16.7. The van der Waals surface area contributed by atoms with E-state index in [-0.39, 0.29) is 11.0 Å². The Morgan fingerprint density at radius 3 is 2.47 bits per heavy atom. The van der Waals surface area contributed by atoms with Crippen LogP contribution >= 0.6 is 38.1 Å². The molecule has 1 unspecified atom stereocenters. The predicted octanol–water partition coefficient (Wildman–Crippen LogP) is 3.25. The molecule has 2 aromatic heterocycles. The van der Waals surface area contributed by atoms with Crippen molar-refractivity contribution in [3.8, 4) is 11.6 Å². The molecule has 1 aliphatic heterocycles. The summed E-state index contributed by atoms with van der Waals surface area (Å²) in [5.74, 6) is 0.329. The number of carbonyl (C=O) groups is 1. The number of benzene rings is 1. The Bertz CT molecular complexity index is 1400. The Morgan fingerprint density at radius 1 is 1.19 bits per heavy atom. The topological polar surface area (TPSA) is 120 Å². The zero-order chi connectivity index (χ0) is 26.4. The molecular formula is C21H26N6O5S4. The average Bonchev–Trinajstić information content (AvgIpc) is 3.39. The molecule has 15 heteroatoms. The Morgan fingerprint density at radius 2 is 1.86 bits per heavy atom. The molecule has 36 heavy (non-hydrogen) atoms. The number of carbonyl (C=O) groups excluding carboxylic acids is 1. The van der Waals surface area contributed by atoms with E-state index in [9.17, 15) is 13.2 Å². The zero-order valence-corrected chi connectivity index (χ0v) is 23.5. The third-order valence-electron chi connectivity index (χ3n) is 5.24. The quantitative estimate of drug-likeness (QED) is 0.397. The predicted molar refractivity (Wildman–Crippen MR) is 142 cm³/mol. The lowest BCUT2D eigenvalue weighted by Crippen LogP contribution is -2.42. The van der Waals surface area contributed by atoms with Gasteiger partial charge in [0.1, 0.15) is 23.4 Å². The van der Waals surface area contributed by atoms with Crippen LogP contribution < -0.4 is 4.74 Å². The number of thiol groups is 3. The van der Waals surface area contributed by atoms with Gasteiger partial charge in [-0.15, -0.1) is 25.3 Å². The maximum absolute atomic E-state index is 12.3. The first kappa shape index (κ1) is 26.9. The maximum Gasteiger partial charge on any atom is 0.435 e. The van der Waals surface area contributed by atoms with Crippen LogP contribution in [0.2, 0.25) is 0 Å². The van der Waals surface area contributed by atoms with E-state index in [1.165, 1.54) is 23.1 Å². The van der Waals surface area contributed by atoms with Gasteiger partial charge in [-0.3, -0.25) is 0 Å². The van der Waals surface area contributed by atoms with Crippen molar-refractivity contribution < 1.29 is 22.7 Å². The van der Waals surface area contributed by atoms with E-state index in [2.05, 4.69) is 53.1 Å². The van der Waals surface area contributed by atoms with Gasteiger partial charge in [-0.05, 0) is 45.7 Å². The van der Waals surface area contributed by atoms with Crippen molar-refractivity contribution in [1.29, 1.82) is 0 Å². The lowest BCUT2D eigenvalue weighted by molar-refractivity contribution is 0.00179. The Balaban J connectivity index is 1.56. The maximum atomic E-state index is 12.3. The van der Waals surface area contributed by atoms with E-state index >= 15 is 0 Å². The summed E-state index contributed by atoms with van der Waals surface area (Å²) in [6, 6.07) is 2.89. The van der Waals surface area contributed by atoms with Crippen LogP contribution in [0, 0.1) is 0 Å². The van der Waals surface area contributed by atoms with Crippen LogP contribution in [0.1, 0.15) is 27.2 Å². The van der Waals surface area contributed by atoms with Gasteiger partial charge in [-0.2, -0.15) is 9.51 Å². The molecule has 0 bridgehead atoms. The van der Waals surface area contributed by atoms with Crippen LogP contribution in [0.5, 0.6) is 5.88 Å². The largest absolute Gasteiger partial charge is 0.472 e. The second-order valence-electron chi connectivity index (χ2n) is 9.27. The average molecular weight is 571 g/mol. The minimum absolute atomic E-state index is 0.103. The normalized spacial score (nSPS) is 16.9. The number of nitrogens with zero attached hydrogens (tertiary/aromatic N) is 6. The molecule has 1 aliphatic rings. The van der Waals surface area contributed by atoms with E-state index in [1.807, 2.05) is 0 Å². The molecule has 1 fully saturated rings. The first-order valence-corrected chi connectivity index (χ1v) is 14.0. The molecule has 1 atom stereocenters. The molecule has 0 spiro atoms. The highest BCUT2D eigenvalue weighted by molar-refractivity contribution is 7.90. The number of rotatable bonds is 5. The van der Waals surface area contributed by atoms with E-state index in [1.54, 1.807) is 32.0 Å². The van der Waals surface area contributed by atoms with Crippen LogP contribution in [0.3, 0.4) is 0 Å². The highest BCUT2D eigenvalue weighted by atomic mass is 32.2. The number of fused-ring (bicyclic) bond motifs is 1. The fourth-order valence-corrected chi connectivity index (χ4v) is 5.48. The van der Waals surface area contributed by atoms with E-state index in [0.717, 1.165) is 10.7 Å². The van der Waals surface area contributed by atoms with Crippen molar-refractivity contribution >= 4 is 65.0 Å². The first-order valence-electron chi connectivity index (χ1n) is 10.8. The number of hydrogen-bond acceptors (Lipinski definition) is 12. The SMILES string of the molecule is CC(C)(C)OC(=O)N(S)N1CCC(Oc2ncnc3c2cnn3-c2c(S)cc(S(C)(=O)=O)cc2S)C1. The number of amides is 1. The van der Waals surface area contributed by atoms with Gasteiger partial charge in [-0.25, -0.2) is 32.9 Å². The third-order valence-corrected chi connectivity index (χ3v) is 7.43. The lowest BCUT2D eigenvalue weighted by Gasteiger charge is -2.29. The number of hydrazine groups is 1. The summed E-state index contributed by atoms with van der Waals surface area (Å²) in [6.07, 6.45) is 3.84. The molecule has 194 valence electrons. The minimum atomic E-state index is -3.44. The van der Waals surface area contributed by atoms with Gasteiger partial charge in [0, 0.05) is 29.0 Å². The number of hydrogen-bond donors (Lipinski definition) is 3.